The molecule has 3 rings (SSSR count). The van der Waals surface area contributed by atoms with Crippen molar-refractivity contribution in [3.05, 3.63) is 35.3 Å². The second kappa shape index (κ2) is 9.74. The summed E-state index contributed by atoms with van der Waals surface area (Å²) in [4.78, 5) is 16.4. The molecule has 3 aliphatic rings. The third-order valence-electron chi connectivity index (χ3n) is 6.14. The Morgan fingerprint density at radius 1 is 1.19 bits per heavy atom. The van der Waals surface area contributed by atoms with Gasteiger partial charge in [0, 0.05) is 70.6 Å². The van der Waals surface area contributed by atoms with Crippen molar-refractivity contribution in [3.8, 4) is 0 Å². The van der Waals surface area contributed by atoms with Crippen molar-refractivity contribution in [1.29, 1.82) is 0 Å². The quantitative estimate of drug-likeness (QED) is 0.655. The van der Waals surface area contributed by atoms with Crippen molar-refractivity contribution in [2.75, 3.05) is 46.5 Å². The number of ether oxygens (including phenoxy) is 3. The van der Waals surface area contributed by atoms with Crippen LogP contribution in [0.2, 0.25) is 0 Å². The monoisotopic (exact) mass is 436 g/mol. The summed E-state index contributed by atoms with van der Waals surface area (Å²) in [6.45, 7) is 11.2. The number of carbonyl (C=O) groups excluding carboxylic acids is 1. The molecule has 0 radical (unpaired) electrons. The zero-order valence-electron chi connectivity index (χ0n) is 19.6. The Hall–Kier alpha value is -1.86. The molecule has 2 fully saturated rings. The number of hydrogen-bond donors (Lipinski definition) is 0. The van der Waals surface area contributed by atoms with Crippen LogP contribution in [0.1, 0.15) is 47.0 Å². The first kappa shape index (κ1) is 23.8. The fraction of sp³-hybridized carbons (Fsp3) is 0.708. The van der Waals surface area contributed by atoms with Gasteiger partial charge in [-0.3, -0.25) is 0 Å². The van der Waals surface area contributed by atoms with Crippen molar-refractivity contribution < 1.29 is 23.4 Å². The number of rotatable bonds is 3. The maximum absolute atomic E-state index is 14.7. The van der Waals surface area contributed by atoms with Gasteiger partial charge in [-0.25, -0.2) is 9.18 Å². The number of methoxy groups -OCH3 is 1. The Morgan fingerprint density at radius 2 is 1.84 bits per heavy atom. The largest absolute Gasteiger partial charge is 0.444 e. The number of nitrogens with zero attached hydrogens (tertiary/aromatic N) is 2. The molecule has 1 aliphatic carbocycles. The highest BCUT2D eigenvalue weighted by molar-refractivity contribution is 5.68. The normalized spacial score (nSPS) is 30.1. The van der Waals surface area contributed by atoms with Crippen molar-refractivity contribution in [2.45, 2.75) is 58.2 Å². The summed E-state index contributed by atoms with van der Waals surface area (Å²) in [5.41, 5.74) is 0.884. The fourth-order valence-corrected chi connectivity index (χ4v) is 4.39. The lowest BCUT2D eigenvalue weighted by Crippen LogP contribution is -2.51. The highest BCUT2D eigenvalue weighted by atomic mass is 19.1. The molecule has 2 heterocycles. The van der Waals surface area contributed by atoms with Crippen LogP contribution in [0.15, 0.2) is 35.3 Å². The van der Waals surface area contributed by atoms with E-state index in [4.69, 9.17) is 14.2 Å². The molecule has 0 N–H and O–H groups in total. The van der Waals surface area contributed by atoms with E-state index in [-0.39, 0.29) is 17.8 Å². The minimum atomic E-state index is -0.524. The summed E-state index contributed by atoms with van der Waals surface area (Å²) in [7, 11) is 1.74. The second-order valence-corrected chi connectivity index (χ2v) is 9.68. The van der Waals surface area contributed by atoms with E-state index in [2.05, 4.69) is 17.9 Å². The van der Waals surface area contributed by atoms with E-state index in [1.807, 2.05) is 20.8 Å². The van der Waals surface area contributed by atoms with E-state index < -0.39 is 11.2 Å². The Balaban J connectivity index is 1.85. The lowest BCUT2D eigenvalue weighted by molar-refractivity contribution is -0.0666. The predicted octanol–water partition coefficient (Wildman–Crippen LogP) is 4.44. The summed E-state index contributed by atoms with van der Waals surface area (Å²) in [6.07, 6.45) is 7.36. The molecule has 6 nitrogen and oxygen atoms in total. The van der Waals surface area contributed by atoms with E-state index in [0.717, 1.165) is 24.1 Å². The maximum Gasteiger partial charge on any atom is 0.410 e. The van der Waals surface area contributed by atoms with Crippen LogP contribution in [-0.2, 0) is 14.2 Å². The number of amides is 1. The highest BCUT2D eigenvalue weighted by Gasteiger charge is 2.40. The number of hydrogen-bond acceptors (Lipinski definition) is 5. The molecule has 1 unspecified atom stereocenters. The van der Waals surface area contributed by atoms with Gasteiger partial charge in [-0.2, -0.15) is 0 Å². The second-order valence-electron chi connectivity index (χ2n) is 9.68. The average Bonchev–Trinajstić information content (AvgIpc) is 2.73. The molecule has 1 amide bonds. The van der Waals surface area contributed by atoms with Gasteiger partial charge in [-0.05, 0) is 45.3 Å². The van der Waals surface area contributed by atoms with Crippen LogP contribution in [-0.4, -0.2) is 73.6 Å². The van der Waals surface area contributed by atoms with Crippen molar-refractivity contribution in [2.24, 2.45) is 5.92 Å². The van der Waals surface area contributed by atoms with Crippen LogP contribution >= 0.6 is 0 Å². The molecular formula is C24H37FN2O4. The fourth-order valence-electron chi connectivity index (χ4n) is 4.39. The van der Waals surface area contributed by atoms with Crippen LogP contribution in [0.25, 0.3) is 0 Å². The number of piperazine rings is 1. The van der Waals surface area contributed by atoms with Crippen molar-refractivity contribution >= 4 is 6.09 Å². The zero-order chi connectivity index (χ0) is 22.6. The van der Waals surface area contributed by atoms with Crippen LogP contribution in [0.4, 0.5) is 9.18 Å². The van der Waals surface area contributed by atoms with Crippen molar-refractivity contribution in [1.82, 2.24) is 9.80 Å². The van der Waals surface area contributed by atoms with Gasteiger partial charge < -0.3 is 24.0 Å². The molecule has 0 bridgehead atoms. The summed E-state index contributed by atoms with van der Waals surface area (Å²) in [5.74, 6) is -0.0253. The first-order valence-electron chi connectivity index (χ1n) is 11.3. The van der Waals surface area contributed by atoms with E-state index in [9.17, 15) is 9.18 Å². The molecule has 2 aliphatic heterocycles. The highest BCUT2D eigenvalue weighted by Crippen LogP contribution is 2.40. The van der Waals surface area contributed by atoms with E-state index in [0.29, 0.717) is 45.8 Å². The Kier molecular flexibility index (Phi) is 7.47. The van der Waals surface area contributed by atoms with Gasteiger partial charge in [-0.1, -0.05) is 13.0 Å². The molecule has 0 aromatic heterocycles. The minimum Gasteiger partial charge on any atom is -0.444 e. The van der Waals surface area contributed by atoms with Gasteiger partial charge in [0.1, 0.15) is 11.4 Å². The molecule has 7 heteroatoms. The Morgan fingerprint density at radius 3 is 2.42 bits per heavy atom. The minimum absolute atomic E-state index is 0.197. The third kappa shape index (κ3) is 5.89. The van der Waals surface area contributed by atoms with Crippen molar-refractivity contribution in [3.63, 3.8) is 0 Å². The number of allylic oxidation sites excluding steroid dienone is 4. The van der Waals surface area contributed by atoms with Gasteiger partial charge in [-0.15, -0.1) is 0 Å². The molecule has 31 heavy (non-hydrogen) atoms. The summed E-state index contributed by atoms with van der Waals surface area (Å²) in [6, 6.07) is 0. The molecule has 0 aromatic rings. The lowest BCUT2D eigenvalue weighted by atomic mass is 9.80. The van der Waals surface area contributed by atoms with Crippen LogP contribution < -0.4 is 0 Å². The average molecular weight is 437 g/mol. The number of halogens is 1. The molecule has 0 saturated carbocycles. The SMILES string of the molecule is COC1(C2=C/C(C)C\C=C(F)/C=C\2N2CCN(C(=O)OC(C)(C)C)CC2)CCOCC1. The van der Waals surface area contributed by atoms with Crippen LogP contribution in [0, 0.1) is 5.92 Å². The van der Waals surface area contributed by atoms with E-state index in [1.165, 1.54) is 0 Å². The van der Waals surface area contributed by atoms with Gasteiger partial charge in [0.05, 0.1) is 5.60 Å². The zero-order valence-corrected chi connectivity index (χ0v) is 19.6. The Bertz CT molecular complexity index is 739. The maximum atomic E-state index is 14.7. The molecule has 174 valence electrons. The Labute approximate surface area is 185 Å². The van der Waals surface area contributed by atoms with Crippen LogP contribution in [0.3, 0.4) is 0 Å². The summed E-state index contributed by atoms with van der Waals surface area (Å²) in [5, 5.41) is 0. The van der Waals surface area contributed by atoms with Gasteiger partial charge in [0.15, 0.2) is 0 Å². The summed E-state index contributed by atoms with van der Waals surface area (Å²) < 4.78 is 31.9. The standard InChI is InChI=1S/C24H37FN2O4/c1-18-6-7-19(25)17-21(20(16-18)24(29-5)8-14-30-15-9-24)26-10-12-27(13-11-26)22(28)31-23(2,3)4/h7,16-18H,6,8-15H2,1-5H3/b19-7+,20-16+,21-17+. The molecule has 0 aromatic carbocycles. The van der Waals surface area contributed by atoms with Gasteiger partial charge in [0.25, 0.3) is 0 Å². The smallest absolute Gasteiger partial charge is 0.410 e. The first-order chi connectivity index (χ1) is 14.6. The van der Waals surface area contributed by atoms with E-state index in [1.54, 1.807) is 24.2 Å². The van der Waals surface area contributed by atoms with Gasteiger partial charge in [0.2, 0.25) is 0 Å². The van der Waals surface area contributed by atoms with Gasteiger partial charge >= 0.3 is 6.09 Å². The first-order valence-corrected chi connectivity index (χ1v) is 11.3. The molecule has 2 saturated heterocycles. The third-order valence-corrected chi connectivity index (χ3v) is 6.14. The molecular weight excluding hydrogens is 399 g/mol. The van der Waals surface area contributed by atoms with Crippen LogP contribution in [0.5, 0.6) is 0 Å². The van der Waals surface area contributed by atoms with E-state index >= 15 is 0 Å². The lowest BCUT2D eigenvalue weighted by Gasteiger charge is -2.44. The summed E-state index contributed by atoms with van der Waals surface area (Å²) >= 11 is 0. The molecule has 1 atom stereocenters. The molecule has 0 spiro atoms. The number of carbonyl (C=O) groups is 1. The predicted molar refractivity (Wildman–Crippen MR) is 118 cm³/mol. The topological polar surface area (TPSA) is 51.2 Å².